The van der Waals surface area contributed by atoms with Crippen molar-refractivity contribution in [1.82, 2.24) is 19.5 Å². The largest absolute Gasteiger partial charge is 0.415 e. The molecule has 7 heteroatoms. The maximum atomic E-state index is 5.74. The number of fused-ring (bicyclic) bond motifs is 1. The Bertz CT molecular complexity index is 584. The summed E-state index contributed by atoms with van der Waals surface area (Å²) in [4.78, 5) is 15.4. The monoisotopic (exact) mass is 416 g/mol. The zero-order valence-corrected chi connectivity index (χ0v) is 13.0. The number of aromatic amines is 1. The van der Waals surface area contributed by atoms with E-state index < -0.39 is 0 Å². The number of nitrogens with zero attached hydrogens (tertiary/aromatic N) is 4. The van der Waals surface area contributed by atoms with Crippen LogP contribution in [0.5, 0.6) is 0 Å². The second-order valence-corrected chi connectivity index (χ2v) is 4.07. The fourth-order valence-corrected chi connectivity index (χ4v) is 2.07. The Morgan fingerprint density at radius 1 is 1.56 bits per heavy atom. The van der Waals surface area contributed by atoms with Gasteiger partial charge in [-0.15, -0.1) is 0 Å². The third-order valence-corrected chi connectivity index (χ3v) is 2.97. The molecule has 1 fully saturated rings. The van der Waals surface area contributed by atoms with Crippen LogP contribution in [-0.2, 0) is 25.8 Å². The van der Waals surface area contributed by atoms with Crippen LogP contribution in [-0.4, -0.2) is 33.2 Å². The Labute approximate surface area is 119 Å². The van der Waals surface area contributed by atoms with Gasteiger partial charge in [0.2, 0.25) is 0 Å². The summed E-state index contributed by atoms with van der Waals surface area (Å²) < 4.78 is 7.74. The summed E-state index contributed by atoms with van der Waals surface area (Å²) in [6.45, 7) is 0.810. The zero-order valence-electron chi connectivity index (χ0n) is 10.1. The van der Waals surface area contributed by atoms with Gasteiger partial charge in [-0.2, -0.15) is 0 Å². The van der Waals surface area contributed by atoms with E-state index in [1.165, 1.54) is 6.42 Å². The van der Waals surface area contributed by atoms with E-state index in [1.54, 1.807) is 13.4 Å². The molecule has 0 radical (unpaired) electrons. The molecule has 1 N–H and O–H groups in total. The minimum atomic E-state index is 0. The van der Waals surface area contributed by atoms with Crippen molar-refractivity contribution in [1.29, 1.82) is 0 Å². The molecule has 0 saturated carbocycles. The molecular weight excluding hydrogens is 402 g/mol. The van der Waals surface area contributed by atoms with Crippen molar-refractivity contribution >= 4 is 11.2 Å². The minimum Gasteiger partial charge on any atom is -0.415 e. The van der Waals surface area contributed by atoms with Gasteiger partial charge >= 0.3 is 0 Å². The topological polar surface area (TPSA) is 68.1 Å². The summed E-state index contributed by atoms with van der Waals surface area (Å²) in [5.41, 5.74) is 2.13. The Balaban J connectivity index is 0.00000120. The molecule has 1 unspecified atom stereocenters. The number of ether oxygens (including phenoxy) is 1. The molecule has 2 aromatic heterocycles. The van der Waals surface area contributed by atoms with Crippen LogP contribution in [0.1, 0.15) is 25.5 Å². The molecule has 0 aromatic carbocycles. The maximum absolute atomic E-state index is 5.74. The van der Waals surface area contributed by atoms with E-state index in [-0.39, 0.29) is 27.3 Å². The summed E-state index contributed by atoms with van der Waals surface area (Å²) in [7, 11) is 1.69. The van der Waals surface area contributed by atoms with Gasteiger partial charge < -0.3 is 24.3 Å². The summed E-state index contributed by atoms with van der Waals surface area (Å²) in [5, 5.41) is 0. The first-order valence-corrected chi connectivity index (χ1v) is 5.77. The summed E-state index contributed by atoms with van der Waals surface area (Å²) in [6.07, 6.45) is 8.03. The van der Waals surface area contributed by atoms with Crippen molar-refractivity contribution in [2.45, 2.75) is 25.5 Å². The number of hydrogen-bond acceptors (Lipinski definition) is 4. The predicted molar refractivity (Wildman–Crippen MR) is 61.0 cm³/mol. The fraction of sp³-hybridized carbons (Fsp3) is 0.545. The molecule has 1 saturated heterocycles. The minimum absolute atomic E-state index is 0. The van der Waals surface area contributed by atoms with E-state index in [9.17, 15) is 0 Å². The molecule has 1 aliphatic rings. The first-order chi connectivity index (χ1) is 8.38. The Kier molecular flexibility index (Phi) is 4.30. The van der Waals surface area contributed by atoms with Crippen LogP contribution in [0, 0.1) is 6.20 Å². The van der Waals surface area contributed by atoms with Crippen LogP contribution < -0.4 is 5.62 Å². The van der Waals surface area contributed by atoms with Gasteiger partial charge in [-0.25, -0.2) is 0 Å². The van der Waals surface area contributed by atoms with E-state index in [4.69, 9.17) is 4.74 Å². The van der Waals surface area contributed by atoms with Gasteiger partial charge in [0, 0.05) is 45.9 Å². The van der Waals surface area contributed by atoms with Crippen molar-refractivity contribution in [3.05, 3.63) is 18.1 Å². The fourth-order valence-electron chi connectivity index (χ4n) is 2.07. The Morgan fingerprint density at radius 2 is 2.44 bits per heavy atom. The molecule has 0 spiro atoms. The SMILES string of the molecule is CN=c1n[c-]c2ncn(C3CCCCO3)c2[nH]1.[W]. The molecule has 0 bridgehead atoms. The predicted octanol–water partition coefficient (Wildman–Crippen LogP) is 0.787. The molecule has 0 aliphatic carbocycles. The van der Waals surface area contributed by atoms with E-state index >= 15 is 0 Å². The van der Waals surface area contributed by atoms with Gasteiger partial charge in [0.25, 0.3) is 0 Å². The van der Waals surface area contributed by atoms with Crippen molar-refractivity contribution in [2.75, 3.05) is 13.7 Å². The molecule has 0 amide bonds. The Morgan fingerprint density at radius 3 is 3.17 bits per heavy atom. The van der Waals surface area contributed by atoms with Crippen molar-refractivity contribution in [3.8, 4) is 0 Å². The second kappa shape index (κ2) is 5.76. The number of rotatable bonds is 1. The maximum Gasteiger partial charge on any atom is 0.125 e. The van der Waals surface area contributed by atoms with E-state index in [1.807, 2.05) is 4.57 Å². The van der Waals surface area contributed by atoms with Crippen molar-refractivity contribution < 1.29 is 25.8 Å². The number of hydrogen-bond donors (Lipinski definition) is 1. The van der Waals surface area contributed by atoms with E-state index in [2.05, 4.69) is 26.1 Å². The van der Waals surface area contributed by atoms with Crippen molar-refractivity contribution in [3.63, 3.8) is 0 Å². The van der Waals surface area contributed by atoms with Gasteiger partial charge in [0.15, 0.2) is 0 Å². The van der Waals surface area contributed by atoms with Gasteiger partial charge in [0.05, 0.1) is 6.33 Å². The van der Waals surface area contributed by atoms with Crippen LogP contribution in [0.3, 0.4) is 0 Å². The summed E-state index contributed by atoms with van der Waals surface area (Å²) in [6, 6.07) is 0. The van der Waals surface area contributed by atoms with E-state index in [0.717, 1.165) is 25.1 Å². The smallest absolute Gasteiger partial charge is 0.125 e. The van der Waals surface area contributed by atoms with Gasteiger partial charge in [0.1, 0.15) is 11.8 Å². The molecule has 6 nitrogen and oxygen atoms in total. The third kappa shape index (κ3) is 2.40. The molecule has 1 aliphatic heterocycles. The van der Waals surface area contributed by atoms with Crippen LogP contribution in [0.2, 0.25) is 0 Å². The van der Waals surface area contributed by atoms with Gasteiger partial charge in [-0.1, -0.05) is 0 Å². The summed E-state index contributed by atoms with van der Waals surface area (Å²) >= 11 is 0. The van der Waals surface area contributed by atoms with E-state index in [0.29, 0.717) is 11.1 Å². The molecule has 96 valence electrons. The first-order valence-electron chi connectivity index (χ1n) is 5.77. The quantitative estimate of drug-likeness (QED) is 0.700. The normalized spacial score (nSPS) is 20.9. The molecule has 3 rings (SSSR count). The zero-order chi connectivity index (χ0) is 11.7. The standard InChI is InChI=1S/C11H14N5O.W/c1-12-11-13-6-8-10(15-11)16(7-14-8)9-4-2-3-5-17-9;/h7,9H,2-5H2,1H3,(H,12,13,15);/q-1;. The Hall–Kier alpha value is -1.00. The third-order valence-electron chi connectivity index (χ3n) is 2.97. The summed E-state index contributed by atoms with van der Waals surface area (Å²) in [5.74, 6) is 0. The molecule has 18 heavy (non-hydrogen) atoms. The van der Waals surface area contributed by atoms with Crippen LogP contribution >= 0.6 is 0 Å². The van der Waals surface area contributed by atoms with Crippen LogP contribution in [0.25, 0.3) is 11.2 Å². The first kappa shape index (κ1) is 13.4. The second-order valence-electron chi connectivity index (χ2n) is 4.07. The molecule has 1 atom stereocenters. The average molecular weight is 416 g/mol. The number of imidazole rings is 1. The molecular formula is C11H14N5OW-. The number of aromatic nitrogens is 4. The number of H-pyrrole nitrogens is 1. The van der Waals surface area contributed by atoms with Crippen molar-refractivity contribution in [2.24, 2.45) is 4.99 Å². The van der Waals surface area contributed by atoms with Crippen LogP contribution in [0.4, 0.5) is 0 Å². The molecule has 3 heterocycles. The van der Waals surface area contributed by atoms with Gasteiger partial charge in [-0.3, -0.25) is 4.98 Å². The van der Waals surface area contributed by atoms with Gasteiger partial charge in [-0.05, 0) is 25.5 Å². The molecule has 2 aromatic rings. The van der Waals surface area contributed by atoms with Crippen LogP contribution in [0.15, 0.2) is 11.3 Å². The number of nitrogens with one attached hydrogen (secondary N) is 1. The average Bonchev–Trinajstić information content (AvgIpc) is 2.82.